The molecule has 0 aliphatic heterocycles. The van der Waals surface area contributed by atoms with Gasteiger partial charge in [-0.25, -0.2) is 4.79 Å². The van der Waals surface area contributed by atoms with Crippen molar-refractivity contribution in [3.8, 4) is 0 Å². The number of ketones is 2. The van der Waals surface area contributed by atoms with E-state index < -0.39 is 6.04 Å². The maximum atomic E-state index is 12.2. The monoisotopic (exact) mass is 469 g/mol. The van der Waals surface area contributed by atoms with E-state index in [-0.39, 0.29) is 17.5 Å². The second kappa shape index (κ2) is 16.2. The minimum absolute atomic E-state index is 0.126. The molecule has 0 aromatic heterocycles. The molecule has 1 aliphatic carbocycles. The molecule has 1 aromatic rings. The summed E-state index contributed by atoms with van der Waals surface area (Å²) < 4.78 is 5.39. The first kappa shape index (κ1) is 27.8. The highest BCUT2D eigenvalue weighted by Gasteiger charge is 2.32. The van der Waals surface area contributed by atoms with E-state index >= 15 is 0 Å². The van der Waals surface area contributed by atoms with Crippen LogP contribution in [0.2, 0.25) is 0 Å². The van der Waals surface area contributed by atoms with Gasteiger partial charge < -0.3 is 10.1 Å². The van der Waals surface area contributed by atoms with E-state index in [2.05, 4.69) is 18.8 Å². The first-order valence-corrected chi connectivity index (χ1v) is 13.3. The molecular weight excluding hydrogens is 426 g/mol. The van der Waals surface area contributed by atoms with Crippen molar-refractivity contribution >= 4 is 23.2 Å². The van der Waals surface area contributed by atoms with Crippen LogP contribution in [-0.2, 0) is 14.3 Å². The molecule has 0 saturated heterocycles. The Morgan fingerprint density at radius 1 is 0.853 bits per heavy atom. The van der Waals surface area contributed by atoms with E-state index in [4.69, 9.17) is 4.74 Å². The van der Waals surface area contributed by atoms with Gasteiger partial charge in [-0.05, 0) is 42.7 Å². The molecule has 1 fully saturated rings. The van der Waals surface area contributed by atoms with Crippen LogP contribution in [0.15, 0.2) is 36.4 Å². The lowest BCUT2D eigenvalue weighted by atomic mass is 9.89. The quantitative estimate of drug-likeness (QED) is 0.113. The number of Topliss-reactive ketones (excluding diaryl/α,β-unsaturated/α-hetero) is 2. The summed E-state index contributed by atoms with van der Waals surface area (Å²) in [5.41, 5.74) is 1.56. The molecule has 5 nitrogen and oxygen atoms in total. The van der Waals surface area contributed by atoms with Crippen molar-refractivity contribution in [2.24, 2.45) is 0 Å². The summed E-state index contributed by atoms with van der Waals surface area (Å²) in [6, 6.07) is 5.82. The van der Waals surface area contributed by atoms with E-state index in [1.54, 1.807) is 24.3 Å². The van der Waals surface area contributed by atoms with E-state index in [1.807, 2.05) is 0 Å². The molecule has 0 radical (unpaired) electrons. The Morgan fingerprint density at radius 2 is 1.38 bits per heavy atom. The van der Waals surface area contributed by atoms with Crippen LogP contribution in [-0.4, -0.2) is 30.2 Å². The first-order chi connectivity index (χ1) is 16.5. The Hall–Kier alpha value is -2.43. The third-order valence-electron chi connectivity index (χ3n) is 6.52. The molecule has 5 heteroatoms. The summed E-state index contributed by atoms with van der Waals surface area (Å²) in [7, 11) is 0. The second-order valence-electron chi connectivity index (χ2n) is 9.47. The van der Waals surface area contributed by atoms with Gasteiger partial charge in [0.25, 0.3) is 0 Å². The number of rotatable bonds is 17. The predicted molar refractivity (Wildman–Crippen MR) is 138 cm³/mol. The highest BCUT2D eigenvalue weighted by Crippen LogP contribution is 2.20. The molecule has 1 N–H and O–H groups in total. The number of unbranched alkanes of at least 4 members (excludes halogenated alkanes) is 12. The van der Waals surface area contributed by atoms with Crippen LogP contribution in [0.5, 0.6) is 0 Å². The molecule has 0 bridgehead atoms. The summed E-state index contributed by atoms with van der Waals surface area (Å²) in [4.78, 5) is 36.5. The highest BCUT2D eigenvalue weighted by molar-refractivity contribution is 6.17. The number of anilines is 1. The fraction of sp³-hybridized carbons (Fsp3) is 0.621. The molecule has 1 saturated carbocycles. The van der Waals surface area contributed by atoms with Gasteiger partial charge in [-0.2, -0.15) is 0 Å². The third kappa shape index (κ3) is 10.2. The number of ether oxygens (including phenoxy) is 1. The van der Waals surface area contributed by atoms with Gasteiger partial charge in [0.1, 0.15) is 6.04 Å². The zero-order valence-corrected chi connectivity index (χ0v) is 21.0. The normalized spacial score (nSPS) is 16.0. The number of hydrogen-bond acceptors (Lipinski definition) is 5. The summed E-state index contributed by atoms with van der Waals surface area (Å²) >= 11 is 0. The maximum absolute atomic E-state index is 12.2. The maximum Gasteiger partial charge on any atom is 0.338 e. The Balaban J connectivity index is 1.52. The van der Waals surface area contributed by atoms with E-state index in [0.29, 0.717) is 36.3 Å². The smallest absolute Gasteiger partial charge is 0.338 e. The lowest BCUT2D eigenvalue weighted by Gasteiger charge is -2.23. The molecule has 2 rings (SSSR count). The lowest BCUT2D eigenvalue weighted by molar-refractivity contribution is -0.128. The van der Waals surface area contributed by atoms with Gasteiger partial charge in [-0.3, -0.25) is 9.59 Å². The summed E-state index contributed by atoms with van der Waals surface area (Å²) in [6.45, 7) is 6.43. The fourth-order valence-corrected chi connectivity index (χ4v) is 4.28. The van der Waals surface area contributed by atoms with Gasteiger partial charge in [0.2, 0.25) is 0 Å². The van der Waals surface area contributed by atoms with Crippen molar-refractivity contribution in [3.05, 3.63) is 42.0 Å². The van der Waals surface area contributed by atoms with Crippen LogP contribution in [0.4, 0.5) is 5.69 Å². The Morgan fingerprint density at radius 3 is 1.94 bits per heavy atom. The number of carbonyl (C=O) groups is 3. The first-order valence-electron chi connectivity index (χ1n) is 13.3. The molecule has 1 unspecified atom stereocenters. The van der Waals surface area contributed by atoms with Crippen molar-refractivity contribution in [2.75, 3.05) is 11.9 Å². The predicted octanol–water partition coefficient (Wildman–Crippen LogP) is 7.20. The van der Waals surface area contributed by atoms with E-state index in [0.717, 1.165) is 12.8 Å². The van der Waals surface area contributed by atoms with Gasteiger partial charge in [0.15, 0.2) is 11.6 Å². The van der Waals surface area contributed by atoms with Crippen LogP contribution in [0.1, 0.15) is 114 Å². The topological polar surface area (TPSA) is 72.5 Å². The van der Waals surface area contributed by atoms with Crippen LogP contribution in [0, 0.1) is 0 Å². The molecule has 0 heterocycles. The Kier molecular flexibility index (Phi) is 13.3. The molecular formula is C29H43NO4. The van der Waals surface area contributed by atoms with Crippen LogP contribution in [0.25, 0.3) is 0 Å². The van der Waals surface area contributed by atoms with Crippen LogP contribution in [0.3, 0.4) is 0 Å². The molecule has 34 heavy (non-hydrogen) atoms. The average molecular weight is 470 g/mol. The third-order valence-corrected chi connectivity index (χ3v) is 6.52. The second-order valence-corrected chi connectivity index (χ2v) is 9.47. The van der Waals surface area contributed by atoms with Crippen molar-refractivity contribution in [3.63, 3.8) is 0 Å². The Labute approximate surface area is 205 Å². The summed E-state index contributed by atoms with van der Waals surface area (Å²) in [5.74, 6) is -0.722. The van der Waals surface area contributed by atoms with Crippen molar-refractivity contribution in [1.82, 2.24) is 0 Å². The fourth-order valence-electron chi connectivity index (χ4n) is 4.28. The lowest BCUT2D eigenvalue weighted by Crippen LogP contribution is -2.41. The molecule has 0 amide bonds. The minimum atomic E-state index is -0.880. The van der Waals surface area contributed by atoms with Gasteiger partial charge in [-0.1, -0.05) is 90.6 Å². The van der Waals surface area contributed by atoms with Crippen molar-refractivity contribution in [1.29, 1.82) is 0 Å². The standard InChI is InChI=1S/C29H43NO4/c1-3-4-5-6-7-8-9-10-11-12-13-14-15-22-34-29(33)24-17-19-25(20-18-24)30-27-26(31)21-16-23(2)28(27)32/h17-20,27,30H,2-16,21-22H2,1H3. The minimum Gasteiger partial charge on any atom is -0.462 e. The largest absolute Gasteiger partial charge is 0.462 e. The van der Waals surface area contributed by atoms with Crippen LogP contribution < -0.4 is 5.32 Å². The Bertz CT molecular complexity index is 784. The molecule has 1 atom stereocenters. The van der Waals surface area contributed by atoms with Gasteiger partial charge >= 0.3 is 5.97 Å². The molecule has 1 aromatic carbocycles. The number of nitrogens with one attached hydrogen (secondary N) is 1. The zero-order valence-electron chi connectivity index (χ0n) is 21.0. The SMILES string of the molecule is C=C1CCC(=O)C(Nc2ccc(C(=O)OCCCCCCCCCCCCCCC)cc2)C1=O. The van der Waals surface area contributed by atoms with E-state index in [1.165, 1.54) is 70.6 Å². The number of esters is 1. The highest BCUT2D eigenvalue weighted by atomic mass is 16.5. The van der Waals surface area contributed by atoms with Gasteiger partial charge in [-0.15, -0.1) is 0 Å². The number of hydrogen-bond donors (Lipinski definition) is 1. The molecule has 1 aliphatic rings. The number of carbonyl (C=O) groups excluding carboxylic acids is 3. The van der Waals surface area contributed by atoms with E-state index in [9.17, 15) is 14.4 Å². The summed E-state index contributed by atoms with van der Waals surface area (Å²) in [5, 5.41) is 2.96. The number of benzene rings is 1. The average Bonchev–Trinajstić information content (AvgIpc) is 2.84. The summed E-state index contributed by atoms with van der Waals surface area (Å²) in [6.07, 6.45) is 17.4. The van der Waals surface area contributed by atoms with Crippen molar-refractivity contribution in [2.45, 2.75) is 109 Å². The van der Waals surface area contributed by atoms with Crippen molar-refractivity contribution < 1.29 is 19.1 Å². The molecule has 188 valence electrons. The molecule has 0 spiro atoms. The van der Waals surface area contributed by atoms with Gasteiger partial charge in [0, 0.05) is 12.1 Å². The van der Waals surface area contributed by atoms with Gasteiger partial charge in [0.05, 0.1) is 12.2 Å². The van der Waals surface area contributed by atoms with Crippen LogP contribution >= 0.6 is 0 Å². The zero-order chi connectivity index (χ0) is 24.6.